The summed E-state index contributed by atoms with van der Waals surface area (Å²) < 4.78 is 45.5. The fraction of sp³-hybridized carbons (Fsp3) is 0.353. The third kappa shape index (κ3) is 5.55. The number of ether oxygens (including phenoxy) is 2. The monoisotopic (exact) mass is 382 g/mol. The number of carbonyl (C=O) groups is 1. The minimum Gasteiger partial charge on any atom is -0.406 e. The fourth-order valence-electron chi connectivity index (χ4n) is 2.49. The van der Waals surface area contributed by atoms with Crippen LogP contribution in [0.1, 0.15) is 16.1 Å². The van der Waals surface area contributed by atoms with E-state index in [4.69, 9.17) is 4.74 Å². The summed E-state index contributed by atoms with van der Waals surface area (Å²) in [5.41, 5.74) is 0.778. The van der Waals surface area contributed by atoms with Crippen LogP contribution < -0.4 is 15.0 Å². The summed E-state index contributed by atoms with van der Waals surface area (Å²) in [6.07, 6.45) is -4.73. The second-order valence-corrected chi connectivity index (χ2v) is 5.75. The summed E-state index contributed by atoms with van der Waals surface area (Å²) in [5.74, 6) is -0.0658. The molecular formula is C17H17F3N4O3. The summed E-state index contributed by atoms with van der Waals surface area (Å²) >= 11 is 0. The van der Waals surface area contributed by atoms with Gasteiger partial charge in [-0.05, 0) is 29.8 Å². The molecular weight excluding hydrogens is 365 g/mol. The topological polar surface area (TPSA) is 76.6 Å². The van der Waals surface area contributed by atoms with Gasteiger partial charge in [0.1, 0.15) is 5.75 Å². The molecule has 1 aliphatic heterocycles. The number of hydrogen-bond donors (Lipinski definition) is 1. The Balaban J connectivity index is 1.53. The maximum absolute atomic E-state index is 12.1. The lowest BCUT2D eigenvalue weighted by Gasteiger charge is -2.27. The van der Waals surface area contributed by atoms with Crippen molar-refractivity contribution in [3.63, 3.8) is 0 Å². The zero-order valence-electron chi connectivity index (χ0n) is 14.2. The molecule has 0 unspecified atom stereocenters. The molecule has 0 atom stereocenters. The van der Waals surface area contributed by atoms with Crippen molar-refractivity contribution in [2.45, 2.75) is 12.9 Å². The lowest BCUT2D eigenvalue weighted by molar-refractivity contribution is -0.274. The van der Waals surface area contributed by atoms with Gasteiger partial charge >= 0.3 is 6.36 Å². The molecule has 7 nitrogen and oxygen atoms in total. The molecule has 0 radical (unpaired) electrons. The average Bonchev–Trinajstić information content (AvgIpc) is 2.67. The van der Waals surface area contributed by atoms with Crippen molar-refractivity contribution in [1.29, 1.82) is 0 Å². The number of benzene rings is 1. The molecule has 2 heterocycles. The van der Waals surface area contributed by atoms with E-state index in [1.165, 1.54) is 24.3 Å². The first kappa shape index (κ1) is 18.9. The van der Waals surface area contributed by atoms with Crippen LogP contribution in [0.15, 0.2) is 36.4 Å². The van der Waals surface area contributed by atoms with E-state index in [9.17, 15) is 18.0 Å². The molecule has 1 saturated heterocycles. The van der Waals surface area contributed by atoms with Gasteiger partial charge in [-0.1, -0.05) is 12.1 Å². The first-order chi connectivity index (χ1) is 12.9. The molecule has 0 aliphatic carbocycles. The van der Waals surface area contributed by atoms with E-state index in [0.717, 1.165) is 0 Å². The van der Waals surface area contributed by atoms with E-state index in [-0.39, 0.29) is 18.0 Å². The molecule has 27 heavy (non-hydrogen) atoms. The van der Waals surface area contributed by atoms with Crippen molar-refractivity contribution in [3.05, 3.63) is 47.7 Å². The number of halogens is 3. The predicted molar refractivity (Wildman–Crippen MR) is 89.4 cm³/mol. The number of morpholine rings is 1. The van der Waals surface area contributed by atoms with Gasteiger partial charge in [-0.3, -0.25) is 4.79 Å². The van der Waals surface area contributed by atoms with Crippen LogP contribution in [0.5, 0.6) is 5.75 Å². The quantitative estimate of drug-likeness (QED) is 0.854. The van der Waals surface area contributed by atoms with Gasteiger partial charge in [0.15, 0.2) is 11.5 Å². The van der Waals surface area contributed by atoms with Crippen LogP contribution >= 0.6 is 0 Å². The van der Waals surface area contributed by atoms with Gasteiger partial charge in [0.05, 0.1) is 13.2 Å². The number of nitrogens with one attached hydrogen (secondary N) is 1. The summed E-state index contributed by atoms with van der Waals surface area (Å²) in [4.78, 5) is 14.2. The Morgan fingerprint density at radius 2 is 1.81 bits per heavy atom. The fourth-order valence-corrected chi connectivity index (χ4v) is 2.49. The SMILES string of the molecule is O=C(NCc1ccc(OC(F)(F)F)cc1)c1ccc(N2CCOCC2)nn1. The Kier molecular flexibility index (Phi) is 5.75. The summed E-state index contributed by atoms with van der Waals surface area (Å²) in [6, 6.07) is 8.55. The number of nitrogens with zero attached hydrogens (tertiary/aromatic N) is 3. The van der Waals surface area contributed by atoms with Crippen LogP contribution in [-0.4, -0.2) is 48.8 Å². The van der Waals surface area contributed by atoms with Crippen LogP contribution in [0.4, 0.5) is 19.0 Å². The molecule has 1 N–H and O–H groups in total. The van der Waals surface area contributed by atoms with Gasteiger partial charge in [-0.25, -0.2) is 0 Å². The first-order valence-electron chi connectivity index (χ1n) is 8.20. The van der Waals surface area contributed by atoms with E-state index >= 15 is 0 Å². The number of anilines is 1. The Hall–Kier alpha value is -2.88. The highest BCUT2D eigenvalue weighted by atomic mass is 19.4. The van der Waals surface area contributed by atoms with Gasteiger partial charge in [-0.15, -0.1) is 23.4 Å². The Labute approximate surface area is 153 Å². The predicted octanol–water partition coefficient (Wildman–Crippen LogP) is 2.14. The number of carbonyl (C=O) groups excluding carboxylic acids is 1. The second kappa shape index (κ2) is 8.21. The van der Waals surface area contributed by atoms with Gasteiger partial charge < -0.3 is 19.7 Å². The van der Waals surface area contributed by atoms with Crippen LogP contribution in [0.25, 0.3) is 0 Å². The van der Waals surface area contributed by atoms with E-state index < -0.39 is 12.3 Å². The molecule has 1 aromatic heterocycles. The largest absolute Gasteiger partial charge is 0.573 e. The average molecular weight is 382 g/mol. The minimum atomic E-state index is -4.73. The lowest BCUT2D eigenvalue weighted by Crippen LogP contribution is -2.37. The highest BCUT2D eigenvalue weighted by molar-refractivity contribution is 5.92. The van der Waals surface area contributed by atoms with Gasteiger partial charge in [0, 0.05) is 19.6 Å². The molecule has 10 heteroatoms. The molecule has 2 aromatic rings. The zero-order chi connectivity index (χ0) is 19.3. The van der Waals surface area contributed by atoms with E-state index in [2.05, 4.69) is 20.3 Å². The minimum absolute atomic E-state index is 0.137. The van der Waals surface area contributed by atoms with Crippen molar-refractivity contribution in [2.75, 3.05) is 31.2 Å². The third-order valence-electron chi connectivity index (χ3n) is 3.83. The Morgan fingerprint density at radius 3 is 2.41 bits per heavy atom. The molecule has 0 saturated carbocycles. The van der Waals surface area contributed by atoms with E-state index in [1.54, 1.807) is 12.1 Å². The molecule has 1 aliphatic rings. The highest BCUT2D eigenvalue weighted by Gasteiger charge is 2.30. The normalized spacial score (nSPS) is 14.7. The lowest BCUT2D eigenvalue weighted by atomic mass is 10.2. The molecule has 1 fully saturated rings. The maximum Gasteiger partial charge on any atom is 0.573 e. The van der Waals surface area contributed by atoms with Gasteiger partial charge in [0.2, 0.25) is 0 Å². The van der Waals surface area contributed by atoms with Crippen molar-refractivity contribution >= 4 is 11.7 Å². The smallest absolute Gasteiger partial charge is 0.406 e. The molecule has 1 amide bonds. The molecule has 1 aromatic carbocycles. The molecule has 0 spiro atoms. The number of aromatic nitrogens is 2. The zero-order valence-corrected chi connectivity index (χ0v) is 14.2. The Morgan fingerprint density at radius 1 is 1.11 bits per heavy atom. The number of rotatable bonds is 5. The van der Waals surface area contributed by atoms with Gasteiger partial charge in [0.25, 0.3) is 5.91 Å². The molecule has 144 valence electrons. The first-order valence-corrected chi connectivity index (χ1v) is 8.20. The van der Waals surface area contributed by atoms with Crippen molar-refractivity contribution < 1.29 is 27.4 Å². The van der Waals surface area contributed by atoms with E-state index in [1.807, 2.05) is 4.90 Å². The highest BCUT2D eigenvalue weighted by Crippen LogP contribution is 2.22. The summed E-state index contributed by atoms with van der Waals surface area (Å²) in [5, 5.41) is 10.6. The maximum atomic E-state index is 12.1. The summed E-state index contributed by atoms with van der Waals surface area (Å²) in [6.45, 7) is 2.81. The van der Waals surface area contributed by atoms with Crippen LogP contribution in [0, 0.1) is 0 Å². The van der Waals surface area contributed by atoms with Gasteiger partial charge in [-0.2, -0.15) is 0 Å². The number of alkyl halides is 3. The number of amides is 1. The van der Waals surface area contributed by atoms with Crippen molar-refractivity contribution in [1.82, 2.24) is 15.5 Å². The third-order valence-corrected chi connectivity index (χ3v) is 3.83. The molecule has 3 rings (SSSR count). The Bertz CT molecular complexity index is 760. The standard InChI is InChI=1S/C17H17F3N4O3/c18-17(19,20)27-13-3-1-12(2-4-13)11-21-16(25)14-5-6-15(23-22-14)24-7-9-26-10-8-24/h1-6H,7-11H2,(H,21,25). The van der Waals surface area contributed by atoms with Crippen molar-refractivity contribution in [2.24, 2.45) is 0 Å². The second-order valence-electron chi connectivity index (χ2n) is 5.75. The van der Waals surface area contributed by atoms with E-state index in [0.29, 0.717) is 37.7 Å². The van der Waals surface area contributed by atoms with Crippen LogP contribution in [0.2, 0.25) is 0 Å². The van der Waals surface area contributed by atoms with Crippen LogP contribution in [-0.2, 0) is 11.3 Å². The summed E-state index contributed by atoms with van der Waals surface area (Å²) in [7, 11) is 0. The molecule has 0 bridgehead atoms. The number of hydrogen-bond acceptors (Lipinski definition) is 6. The van der Waals surface area contributed by atoms with Crippen LogP contribution in [0.3, 0.4) is 0 Å². The van der Waals surface area contributed by atoms with Crippen molar-refractivity contribution in [3.8, 4) is 5.75 Å².